The van der Waals surface area contributed by atoms with Crippen molar-refractivity contribution in [2.45, 2.75) is 6.23 Å². The third-order valence-corrected chi connectivity index (χ3v) is 0.917. The molecule has 8 heavy (non-hydrogen) atoms. The molecule has 4 nitrogen and oxygen atoms in total. The molecule has 1 fully saturated rings. The normalized spacial score (nSPS) is 29.8. The Kier molecular flexibility index (Phi) is 1.96. The molecule has 1 unspecified atom stereocenters. The molecule has 0 radical (unpaired) electrons. The van der Waals surface area contributed by atoms with Gasteiger partial charge in [0.05, 0.1) is 0 Å². The summed E-state index contributed by atoms with van der Waals surface area (Å²) in [7, 11) is 0. The zero-order valence-corrected chi connectivity index (χ0v) is 4.39. The molecule has 1 saturated heterocycles. The van der Waals surface area contributed by atoms with E-state index in [4.69, 9.17) is 4.74 Å². The van der Waals surface area contributed by atoms with E-state index in [-0.39, 0.29) is 0 Å². The molecule has 0 spiro atoms. The van der Waals surface area contributed by atoms with E-state index in [1.165, 1.54) is 0 Å². The largest absolute Gasteiger partial charge is 0.341 e. The van der Waals surface area contributed by atoms with Crippen LogP contribution in [0.4, 0.5) is 0 Å². The molecule has 1 aliphatic heterocycles. The van der Waals surface area contributed by atoms with E-state index in [0.29, 0.717) is 13.4 Å². The monoisotopic (exact) mass is 116 g/mol. The summed E-state index contributed by atoms with van der Waals surface area (Å²) in [5.74, 6) is 0. The minimum atomic E-state index is -0.406. The third-order valence-electron chi connectivity index (χ3n) is 0.917. The molecule has 2 N–H and O–H groups in total. The fourth-order valence-electron chi connectivity index (χ4n) is 0.519. The maximum atomic E-state index is 9.94. The molecule has 4 heteroatoms. The van der Waals surface area contributed by atoms with Gasteiger partial charge in [-0.3, -0.25) is 15.4 Å². The Hall–Kier alpha value is -0.450. The lowest BCUT2D eigenvalue weighted by molar-refractivity contribution is -0.123. The summed E-state index contributed by atoms with van der Waals surface area (Å²) in [6, 6.07) is 0. The highest BCUT2D eigenvalue weighted by Gasteiger charge is 2.08. The first kappa shape index (κ1) is 5.68. The fraction of sp³-hybridized carbons (Fsp3) is 0.750. The molecule has 1 atom stereocenters. The average Bonchev–Trinajstić information content (AvgIpc) is 1.90. The van der Waals surface area contributed by atoms with E-state index < -0.39 is 6.23 Å². The van der Waals surface area contributed by atoms with Gasteiger partial charge in [-0.15, -0.1) is 0 Å². The first-order valence-electron chi connectivity index (χ1n) is 2.44. The molecule has 0 amide bonds. The van der Waals surface area contributed by atoms with Crippen molar-refractivity contribution in [3.05, 3.63) is 0 Å². The number of hydrogen-bond acceptors (Lipinski definition) is 4. The summed E-state index contributed by atoms with van der Waals surface area (Å²) in [5, 5.41) is 5.62. The van der Waals surface area contributed by atoms with Crippen LogP contribution < -0.4 is 10.6 Å². The standard InChI is InChI=1S/C4H8N2O2/c7-1-4-6-2-5-3-8-4/h1,4-6H,2-3H2. The SMILES string of the molecule is O=CC1NCNCO1. The minimum absolute atomic E-state index is 0.406. The van der Waals surface area contributed by atoms with E-state index in [9.17, 15) is 4.79 Å². The number of carbonyl (C=O) groups is 1. The van der Waals surface area contributed by atoms with Gasteiger partial charge < -0.3 is 4.74 Å². The van der Waals surface area contributed by atoms with Crippen molar-refractivity contribution in [2.75, 3.05) is 13.4 Å². The summed E-state index contributed by atoms with van der Waals surface area (Å²) in [6.07, 6.45) is 0.331. The average molecular weight is 116 g/mol. The molecule has 0 aromatic carbocycles. The van der Waals surface area contributed by atoms with E-state index >= 15 is 0 Å². The molecule has 1 heterocycles. The van der Waals surface area contributed by atoms with Crippen LogP contribution in [0.5, 0.6) is 0 Å². The second-order valence-electron chi connectivity index (χ2n) is 1.50. The summed E-state index contributed by atoms with van der Waals surface area (Å²) in [5.41, 5.74) is 0. The topological polar surface area (TPSA) is 50.4 Å². The van der Waals surface area contributed by atoms with Crippen molar-refractivity contribution in [1.82, 2.24) is 10.6 Å². The van der Waals surface area contributed by atoms with E-state index in [0.717, 1.165) is 6.29 Å². The molecule has 1 rings (SSSR count). The van der Waals surface area contributed by atoms with Crippen LogP contribution in [0.3, 0.4) is 0 Å². The number of hydrogen-bond donors (Lipinski definition) is 2. The van der Waals surface area contributed by atoms with Crippen LogP contribution >= 0.6 is 0 Å². The van der Waals surface area contributed by atoms with Crippen molar-refractivity contribution in [2.24, 2.45) is 0 Å². The fourth-order valence-corrected chi connectivity index (χ4v) is 0.519. The first-order chi connectivity index (χ1) is 3.93. The van der Waals surface area contributed by atoms with Gasteiger partial charge in [-0.2, -0.15) is 0 Å². The highest BCUT2D eigenvalue weighted by Crippen LogP contribution is 1.83. The molecule has 0 saturated carbocycles. The first-order valence-corrected chi connectivity index (χ1v) is 2.44. The van der Waals surface area contributed by atoms with Crippen LogP contribution in [0.25, 0.3) is 0 Å². The maximum Gasteiger partial charge on any atom is 0.167 e. The van der Waals surface area contributed by atoms with E-state index in [1.807, 2.05) is 0 Å². The summed E-state index contributed by atoms with van der Waals surface area (Å²) < 4.78 is 4.84. The molecule has 0 bridgehead atoms. The molecule has 0 aliphatic carbocycles. The van der Waals surface area contributed by atoms with Gasteiger partial charge in [0.15, 0.2) is 12.5 Å². The Bertz CT molecular complexity index is 80.1. The Balaban J connectivity index is 2.22. The Labute approximate surface area is 47.2 Å². The van der Waals surface area contributed by atoms with Gasteiger partial charge in [0.1, 0.15) is 6.73 Å². The van der Waals surface area contributed by atoms with Crippen molar-refractivity contribution in [1.29, 1.82) is 0 Å². The lowest BCUT2D eigenvalue weighted by Gasteiger charge is -2.19. The molecule has 46 valence electrons. The highest BCUT2D eigenvalue weighted by molar-refractivity contribution is 5.55. The van der Waals surface area contributed by atoms with Gasteiger partial charge in [-0.05, 0) is 0 Å². The molecular weight excluding hydrogens is 108 g/mol. The van der Waals surface area contributed by atoms with Crippen molar-refractivity contribution in [3.63, 3.8) is 0 Å². The predicted molar refractivity (Wildman–Crippen MR) is 26.9 cm³/mol. The highest BCUT2D eigenvalue weighted by atomic mass is 16.5. The van der Waals surface area contributed by atoms with Crippen molar-refractivity contribution >= 4 is 6.29 Å². The van der Waals surface area contributed by atoms with Gasteiger partial charge in [0, 0.05) is 6.67 Å². The third kappa shape index (κ3) is 1.26. The Morgan fingerprint density at radius 3 is 3.00 bits per heavy atom. The number of nitrogens with one attached hydrogen (secondary N) is 2. The summed E-state index contributed by atoms with van der Waals surface area (Å²) in [4.78, 5) is 9.94. The molecule has 0 aromatic heterocycles. The number of aldehydes is 1. The molecular formula is C4H8N2O2. The zero-order valence-electron chi connectivity index (χ0n) is 4.39. The molecule has 0 aromatic rings. The van der Waals surface area contributed by atoms with Crippen LogP contribution in [-0.4, -0.2) is 25.9 Å². The minimum Gasteiger partial charge on any atom is -0.341 e. The predicted octanol–water partition coefficient (Wildman–Crippen LogP) is -1.36. The Morgan fingerprint density at radius 2 is 2.62 bits per heavy atom. The summed E-state index contributed by atoms with van der Waals surface area (Å²) >= 11 is 0. The van der Waals surface area contributed by atoms with Gasteiger partial charge in [-0.25, -0.2) is 0 Å². The number of ether oxygens (including phenoxy) is 1. The van der Waals surface area contributed by atoms with Crippen molar-refractivity contribution in [3.8, 4) is 0 Å². The van der Waals surface area contributed by atoms with Crippen LogP contribution in [-0.2, 0) is 9.53 Å². The van der Waals surface area contributed by atoms with Crippen LogP contribution in [0, 0.1) is 0 Å². The van der Waals surface area contributed by atoms with Gasteiger partial charge in [0.2, 0.25) is 0 Å². The van der Waals surface area contributed by atoms with Gasteiger partial charge >= 0.3 is 0 Å². The van der Waals surface area contributed by atoms with E-state index in [1.54, 1.807) is 0 Å². The van der Waals surface area contributed by atoms with Crippen molar-refractivity contribution < 1.29 is 9.53 Å². The van der Waals surface area contributed by atoms with Gasteiger partial charge in [0.25, 0.3) is 0 Å². The van der Waals surface area contributed by atoms with Crippen LogP contribution in [0.1, 0.15) is 0 Å². The van der Waals surface area contributed by atoms with Crippen LogP contribution in [0.15, 0.2) is 0 Å². The van der Waals surface area contributed by atoms with E-state index in [2.05, 4.69) is 10.6 Å². The van der Waals surface area contributed by atoms with Gasteiger partial charge in [-0.1, -0.05) is 0 Å². The molecule has 1 aliphatic rings. The second kappa shape index (κ2) is 2.76. The zero-order chi connectivity index (χ0) is 5.82. The Morgan fingerprint density at radius 1 is 1.75 bits per heavy atom. The van der Waals surface area contributed by atoms with Crippen LogP contribution in [0.2, 0.25) is 0 Å². The smallest absolute Gasteiger partial charge is 0.167 e. The number of rotatable bonds is 1. The summed E-state index contributed by atoms with van der Waals surface area (Å²) in [6.45, 7) is 1.10. The number of carbonyl (C=O) groups excluding carboxylic acids is 1. The lowest BCUT2D eigenvalue weighted by atomic mass is 10.6. The quantitative estimate of drug-likeness (QED) is 0.415. The maximum absolute atomic E-state index is 9.94. The second-order valence-corrected chi connectivity index (χ2v) is 1.50. The lowest BCUT2D eigenvalue weighted by Crippen LogP contribution is -2.47.